The lowest BCUT2D eigenvalue weighted by molar-refractivity contribution is 0.0705. The number of hydrogen-bond donors (Lipinski definition) is 0. The number of likely N-dealkylation sites (tertiary alicyclic amines) is 1. The van der Waals surface area contributed by atoms with E-state index in [1.807, 2.05) is 18.7 Å². The molecule has 2 aromatic heterocycles. The number of halogens is 1. The summed E-state index contributed by atoms with van der Waals surface area (Å²) in [5.41, 5.74) is 1.09. The van der Waals surface area contributed by atoms with E-state index < -0.39 is 0 Å². The summed E-state index contributed by atoms with van der Waals surface area (Å²) in [6, 6.07) is 8.37. The van der Waals surface area contributed by atoms with Gasteiger partial charge in [-0.2, -0.15) is 0 Å². The molecule has 4 rings (SSSR count). The molecular weight excluding hydrogens is 365 g/mol. The fourth-order valence-electron chi connectivity index (χ4n) is 3.52. The van der Waals surface area contributed by atoms with Gasteiger partial charge in [0, 0.05) is 24.6 Å². The predicted octanol–water partition coefficient (Wildman–Crippen LogP) is 4.57. The van der Waals surface area contributed by atoms with Crippen molar-refractivity contribution < 1.29 is 13.6 Å². The van der Waals surface area contributed by atoms with Gasteiger partial charge in [-0.3, -0.25) is 4.79 Å². The Morgan fingerprint density at radius 2 is 2.11 bits per heavy atom. The van der Waals surface area contributed by atoms with Crippen LogP contribution in [0.3, 0.4) is 0 Å². The van der Waals surface area contributed by atoms with E-state index in [9.17, 15) is 9.18 Å². The lowest BCUT2D eigenvalue weighted by Gasteiger charge is -2.31. The number of amides is 1. The number of piperidine rings is 1. The monoisotopic (exact) mass is 385 g/mol. The van der Waals surface area contributed by atoms with Gasteiger partial charge in [0.15, 0.2) is 5.01 Å². The maximum atomic E-state index is 14.0. The zero-order chi connectivity index (χ0) is 19.0. The molecule has 140 valence electrons. The zero-order valence-electron chi connectivity index (χ0n) is 15.2. The van der Waals surface area contributed by atoms with Crippen LogP contribution in [0.15, 0.2) is 34.7 Å². The van der Waals surface area contributed by atoms with E-state index in [2.05, 4.69) is 10.2 Å². The van der Waals surface area contributed by atoms with Gasteiger partial charge < -0.3 is 9.32 Å². The first-order valence-electron chi connectivity index (χ1n) is 8.97. The Labute approximate surface area is 160 Å². The van der Waals surface area contributed by atoms with E-state index in [0.717, 1.165) is 30.2 Å². The summed E-state index contributed by atoms with van der Waals surface area (Å²) in [7, 11) is 0. The van der Waals surface area contributed by atoms with Crippen LogP contribution in [0.5, 0.6) is 0 Å². The Morgan fingerprint density at radius 1 is 1.30 bits per heavy atom. The molecule has 7 heteroatoms. The van der Waals surface area contributed by atoms with Gasteiger partial charge in [-0.15, -0.1) is 10.2 Å². The molecule has 27 heavy (non-hydrogen) atoms. The van der Waals surface area contributed by atoms with Crippen LogP contribution < -0.4 is 0 Å². The first-order chi connectivity index (χ1) is 13.0. The Kier molecular flexibility index (Phi) is 4.78. The molecule has 0 N–H and O–H groups in total. The minimum atomic E-state index is -0.300. The van der Waals surface area contributed by atoms with Crippen molar-refractivity contribution >= 4 is 17.2 Å². The van der Waals surface area contributed by atoms with Gasteiger partial charge in [0.2, 0.25) is 0 Å². The van der Waals surface area contributed by atoms with E-state index >= 15 is 0 Å². The quantitative estimate of drug-likeness (QED) is 0.662. The third kappa shape index (κ3) is 3.51. The molecule has 1 fully saturated rings. The largest absolute Gasteiger partial charge is 0.466 e. The highest BCUT2D eigenvalue weighted by molar-refractivity contribution is 7.14. The first kappa shape index (κ1) is 17.9. The number of nitrogens with zero attached hydrogens (tertiary/aromatic N) is 3. The Hall–Kier alpha value is -2.54. The van der Waals surface area contributed by atoms with Crippen LogP contribution in [0.25, 0.3) is 10.6 Å². The van der Waals surface area contributed by atoms with E-state index in [-0.39, 0.29) is 17.6 Å². The van der Waals surface area contributed by atoms with Gasteiger partial charge in [0.1, 0.15) is 22.3 Å². The van der Waals surface area contributed by atoms with Crippen LogP contribution in [0.1, 0.15) is 45.6 Å². The third-order valence-corrected chi connectivity index (χ3v) is 5.99. The van der Waals surface area contributed by atoms with Crippen LogP contribution >= 0.6 is 11.3 Å². The van der Waals surface area contributed by atoms with Crippen LogP contribution in [0.2, 0.25) is 0 Å². The molecule has 1 amide bonds. The molecule has 0 aliphatic carbocycles. The number of rotatable bonds is 3. The molecule has 1 atom stereocenters. The summed E-state index contributed by atoms with van der Waals surface area (Å²) in [5, 5.41) is 9.90. The van der Waals surface area contributed by atoms with E-state index in [0.29, 0.717) is 28.4 Å². The zero-order valence-corrected chi connectivity index (χ0v) is 16.1. The molecule has 0 unspecified atom stereocenters. The lowest BCUT2D eigenvalue weighted by atomic mass is 9.98. The molecule has 3 aromatic rings. The fraction of sp³-hybridized carbons (Fsp3) is 0.350. The number of carbonyl (C=O) groups excluding carboxylic acids is 1. The molecule has 1 saturated heterocycles. The lowest BCUT2D eigenvalue weighted by Crippen LogP contribution is -2.39. The van der Waals surface area contributed by atoms with E-state index in [1.165, 1.54) is 17.4 Å². The Bertz CT molecular complexity index is 981. The minimum Gasteiger partial charge on any atom is -0.466 e. The van der Waals surface area contributed by atoms with Gasteiger partial charge in [-0.05, 0) is 44.9 Å². The maximum absolute atomic E-state index is 14.0. The second-order valence-electron chi connectivity index (χ2n) is 6.84. The highest BCUT2D eigenvalue weighted by atomic mass is 32.1. The maximum Gasteiger partial charge on any atom is 0.257 e. The molecule has 0 bridgehead atoms. The van der Waals surface area contributed by atoms with Gasteiger partial charge in [0.25, 0.3) is 5.91 Å². The van der Waals surface area contributed by atoms with Crippen molar-refractivity contribution in [2.24, 2.45) is 0 Å². The van der Waals surface area contributed by atoms with Crippen molar-refractivity contribution in [3.8, 4) is 10.6 Å². The van der Waals surface area contributed by atoms with Crippen molar-refractivity contribution in [3.63, 3.8) is 0 Å². The third-order valence-electron chi connectivity index (χ3n) is 4.87. The van der Waals surface area contributed by atoms with E-state index in [4.69, 9.17) is 4.42 Å². The second kappa shape index (κ2) is 7.23. The summed E-state index contributed by atoms with van der Waals surface area (Å²) in [6.07, 6.45) is 1.85. The number of aryl methyl sites for hydroxylation is 2. The van der Waals surface area contributed by atoms with Crippen LogP contribution in [-0.2, 0) is 0 Å². The van der Waals surface area contributed by atoms with Gasteiger partial charge in [0.05, 0.1) is 5.56 Å². The normalized spacial score (nSPS) is 17.3. The second-order valence-corrected chi connectivity index (χ2v) is 7.85. The van der Waals surface area contributed by atoms with Crippen molar-refractivity contribution in [1.82, 2.24) is 15.1 Å². The fourth-order valence-corrected chi connectivity index (χ4v) is 4.52. The van der Waals surface area contributed by atoms with Crippen molar-refractivity contribution in [2.75, 3.05) is 13.1 Å². The Balaban J connectivity index is 1.53. The first-order valence-corrected chi connectivity index (χ1v) is 9.79. The summed E-state index contributed by atoms with van der Waals surface area (Å²) >= 11 is 1.40. The number of furan rings is 1. The van der Waals surface area contributed by atoms with Crippen molar-refractivity contribution in [3.05, 3.63) is 58.2 Å². The van der Waals surface area contributed by atoms with Gasteiger partial charge >= 0.3 is 0 Å². The summed E-state index contributed by atoms with van der Waals surface area (Å²) < 4.78 is 19.5. The molecule has 0 spiro atoms. The average Bonchev–Trinajstić information content (AvgIpc) is 3.28. The molecule has 5 nitrogen and oxygen atoms in total. The molecule has 1 aliphatic heterocycles. The Morgan fingerprint density at radius 3 is 2.85 bits per heavy atom. The van der Waals surface area contributed by atoms with Gasteiger partial charge in [-0.1, -0.05) is 23.5 Å². The summed E-state index contributed by atoms with van der Waals surface area (Å²) in [6.45, 7) is 4.97. The van der Waals surface area contributed by atoms with Crippen molar-refractivity contribution in [1.29, 1.82) is 0 Å². The minimum absolute atomic E-state index is 0.00658. The number of aromatic nitrogens is 2. The highest BCUT2D eigenvalue weighted by Gasteiger charge is 2.29. The highest BCUT2D eigenvalue weighted by Crippen LogP contribution is 2.34. The molecule has 1 aliphatic rings. The number of benzene rings is 1. The van der Waals surface area contributed by atoms with Crippen LogP contribution in [0, 0.1) is 19.7 Å². The van der Waals surface area contributed by atoms with Crippen LogP contribution in [0.4, 0.5) is 4.39 Å². The molecule has 3 heterocycles. The number of hydrogen-bond acceptors (Lipinski definition) is 5. The molecule has 0 radical (unpaired) electrons. The smallest absolute Gasteiger partial charge is 0.257 e. The topological polar surface area (TPSA) is 59.2 Å². The molecule has 1 aromatic carbocycles. The van der Waals surface area contributed by atoms with Crippen LogP contribution in [-0.4, -0.2) is 34.1 Å². The average molecular weight is 385 g/mol. The molecule has 0 saturated carbocycles. The predicted molar refractivity (Wildman–Crippen MR) is 101 cm³/mol. The van der Waals surface area contributed by atoms with E-state index in [1.54, 1.807) is 24.3 Å². The van der Waals surface area contributed by atoms with Gasteiger partial charge in [-0.25, -0.2) is 4.39 Å². The SMILES string of the molecule is Cc1cc(C(=O)N2CCC[C@@H](c3nnc(-c4ccccc4F)s3)C2)c(C)o1. The standard InChI is InChI=1S/C20H20FN3O2S/c1-12-10-16(13(2)26-12)20(25)24-9-5-6-14(11-24)18-22-23-19(27-18)15-7-3-4-8-17(15)21/h3-4,7-8,10,14H,5-6,9,11H2,1-2H3/t14-/m1/s1. The summed E-state index contributed by atoms with van der Waals surface area (Å²) in [4.78, 5) is 14.7. The van der Waals surface area contributed by atoms with Crippen molar-refractivity contribution in [2.45, 2.75) is 32.6 Å². The number of carbonyl (C=O) groups is 1. The summed E-state index contributed by atoms with van der Waals surface area (Å²) in [5.74, 6) is 1.20. The molecular formula is C20H20FN3O2S.